The molecule has 1 aliphatic heterocycles. The van der Waals surface area contributed by atoms with Gasteiger partial charge in [-0.3, -0.25) is 0 Å². The molecular weight excluding hydrogens is 400 g/mol. The standard InChI is InChI=1S/C27H24N2O3/c1-4-29-23-8-6-5-7-20(23)21-13-18(9-11-24(21)29)28-14-22-25(31-15-28)12-10-19-16(2)17(3)27(30)32-26(19)22/h5-13H,4,14-15H2,1-3H3. The van der Waals surface area contributed by atoms with Crippen LogP contribution < -0.4 is 15.3 Å². The first-order valence-corrected chi connectivity index (χ1v) is 11.0. The van der Waals surface area contributed by atoms with Crippen molar-refractivity contribution in [3.05, 3.63) is 81.7 Å². The Bertz CT molecular complexity index is 1590. The molecule has 0 saturated carbocycles. The minimum absolute atomic E-state index is 0.283. The second-order valence-electron chi connectivity index (χ2n) is 8.49. The van der Waals surface area contributed by atoms with E-state index in [2.05, 4.69) is 58.9 Å². The van der Waals surface area contributed by atoms with Crippen LogP contribution in [0.3, 0.4) is 0 Å². The molecule has 0 fully saturated rings. The number of hydrogen-bond donors (Lipinski definition) is 0. The number of para-hydroxylation sites is 1. The minimum Gasteiger partial charge on any atom is -0.473 e. The second kappa shape index (κ2) is 6.89. The zero-order valence-corrected chi connectivity index (χ0v) is 18.4. The van der Waals surface area contributed by atoms with Gasteiger partial charge < -0.3 is 18.6 Å². The monoisotopic (exact) mass is 424 g/mol. The van der Waals surface area contributed by atoms with Crippen LogP contribution >= 0.6 is 0 Å². The fraction of sp³-hybridized carbons (Fsp3) is 0.222. The SMILES string of the molecule is CCn1c2ccccc2c2cc(N3COc4ccc5c(C)c(C)c(=O)oc5c4C3)ccc21. The molecule has 1 aliphatic rings. The number of rotatable bonds is 2. The summed E-state index contributed by atoms with van der Waals surface area (Å²) in [5.41, 5.74) is 6.46. The summed E-state index contributed by atoms with van der Waals surface area (Å²) in [6.07, 6.45) is 0. The third-order valence-corrected chi connectivity index (χ3v) is 6.85. The van der Waals surface area contributed by atoms with Crippen LogP contribution in [0.5, 0.6) is 5.75 Å². The van der Waals surface area contributed by atoms with Gasteiger partial charge in [-0.2, -0.15) is 0 Å². The van der Waals surface area contributed by atoms with Gasteiger partial charge >= 0.3 is 5.63 Å². The summed E-state index contributed by atoms with van der Waals surface area (Å²) in [4.78, 5) is 14.6. The van der Waals surface area contributed by atoms with Gasteiger partial charge in [-0.25, -0.2) is 4.79 Å². The zero-order chi connectivity index (χ0) is 22.0. The molecule has 0 unspecified atom stereocenters. The maximum atomic E-state index is 12.4. The van der Waals surface area contributed by atoms with Gasteiger partial charge in [0, 0.05) is 45.0 Å². The predicted octanol–water partition coefficient (Wildman–Crippen LogP) is 5.89. The van der Waals surface area contributed by atoms with E-state index in [9.17, 15) is 4.79 Å². The highest BCUT2D eigenvalue weighted by Crippen LogP contribution is 2.37. The van der Waals surface area contributed by atoms with Gasteiger partial charge in [0.05, 0.1) is 12.1 Å². The van der Waals surface area contributed by atoms with Crippen molar-refractivity contribution in [3.63, 3.8) is 0 Å². The van der Waals surface area contributed by atoms with Crippen LogP contribution in [0.25, 0.3) is 32.8 Å². The van der Waals surface area contributed by atoms with E-state index in [4.69, 9.17) is 9.15 Å². The van der Waals surface area contributed by atoms with Crippen LogP contribution in [0.2, 0.25) is 0 Å². The van der Waals surface area contributed by atoms with E-state index in [-0.39, 0.29) is 5.63 Å². The fourth-order valence-electron chi connectivity index (χ4n) is 4.96. The van der Waals surface area contributed by atoms with E-state index < -0.39 is 0 Å². The lowest BCUT2D eigenvalue weighted by Gasteiger charge is -2.31. The van der Waals surface area contributed by atoms with E-state index in [0.29, 0.717) is 24.4 Å². The molecule has 0 N–H and O–H groups in total. The van der Waals surface area contributed by atoms with Crippen LogP contribution in [0.4, 0.5) is 5.69 Å². The molecule has 0 bridgehead atoms. The van der Waals surface area contributed by atoms with Gasteiger partial charge in [0.15, 0.2) is 6.73 Å². The average Bonchev–Trinajstić information content (AvgIpc) is 3.15. The maximum absolute atomic E-state index is 12.4. The quantitative estimate of drug-likeness (QED) is 0.331. The third-order valence-electron chi connectivity index (χ3n) is 6.85. The maximum Gasteiger partial charge on any atom is 0.339 e. The second-order valence-corrected chi connectivity index (χ2v) is 8.49. The summed E-state index contributed by atoms with van der Waals surface area (Å²) in [5, 5.41) is 3.46. The lowest BCUT2D eigenvalue weighted by Crippen LogP contribution is -2.32. The molecule has 5 aromatic rings. The molecule has 0 amide bonds. The average molecular weight is 425 g/mol. The molecule has 32 heavy (non-hydrogen) atoms. The molecule has 0 aliphatic carbocycles. The first-order chi connectivity index (χ1) is 15.6. The van der Waals surface area contributed by atoms with Crippen molar-refractivity contribution in [1.82, 2.24) is 4.57 Å². The van der Waals surface area contributed by atoms with Crippen molar-refractivity contribution in [3.8, 4) is 5.75 Å². The van der Waals surface area contributed by atoms with Crippen molar-refractivity contribution >= 4 is 38.5 Å². The van der Waals surface area contributed by atoms with Crippen molar-refractivity contribution in [2.45, 2.75) is 33.9 Å². The van der Waals surface area contributed by atoms with Crippen LogP contribution in [0, 0.1) is 13.8 Å². The molecule has 160 valence electrons. The van der Waals surface area contributed by atoms with Gasteiger partial charge in [0.2, 0.25) is 0 Å². The summed E-state index contributed by atoms with van der Waals surface area (Å²) in [6.45, 7) is 7.96. The minimum atomic E-state index is -0.283. The Kier molecular flexibility index (Phi) is 4.09. The number of anilines is 1. The summed E-state index contributed by atoms with van der Waals surface area (Å²) in [6, 6.07) is 19.1. The van der Waals surface area contributed by atoms with Gasteiger partial charge in [-0.15, -0.1) is 0 Å². The summed E-state index contributed by atoms with van der Waals surface area (Å²) in [5.74, 6) is 0.781. The normalized spacial score (nSPS) is 13.7. The van der Waals surface area contributed by atoms with Gasteiger partial charge in [-0.05, 0) is 62.7 Å². The van der Waals surface area contributed by atoms with Crippen LogP contribution in [0.15, 0.2) is 63.8 Å². The number of aryl methyl sites for hydroxylation is 2. The van der Waals surface area contributed by atoms with Crippen molar-refractivity contribution in [2.24, 2.45) is 0 Å². The number of ether oxygens (including phenoxy) is 1. The lowest BCUT2D eigenvalue weighted by atomic mass is 10.0. The van der Waals surface area contributed by atoms with E-state index in [1.54, 1.807) is 0 Å². The number of nitrogens with zero attached hydrogens (tertiary/aromatic N) is 2. The molecule has 5 heteroatoms. The van der Waals surface area contributed by atoms with E-state index in [1.165, 1.54) is 21.8 Å². The predicted molar refractivity (Wildman–Crippen MR) is 129 cm³/mol. The smallest absolute Gasteiger partial charge is 0.339 e. The Morgan fingerprint density at radius 2 is 1.72 bits per heavy atom. The Morgan fingerprint density at radius 3 is 2.56 bits per heavy atom. The van der Waals surface area contributed by atoms with E-state index in [0.717, 1.165) is 34.5 Å². The van der Waals surface area contributed by atoms with Crippen molar-refractivity contribution in [2.75, 3.05) is 11.6 Å². The molecule has 5 nitrogen and oxygen atoms in total. The summed E-state index contributed by atoms with van der Waals surface area (Å²) >= 11 is 0. The molecular formula is C27H24N2O3. The molecule has 0 atom stereocenters. The van der Waals surface area contributed by atoms with E-state index in [1.807, 2.05) is 26.0 Å². The van der Waals surface area contributed by atoms with Gasteiger partial charge in [0.1, 0.15) is 11.3 Å². The highest BCUT2D eigenvalue weighted by atomic mass is 16.5. The molecule has 0 radical (unpaired) electrons. The first kappa shape index (κ1) is 19.0. The molecule has 3 aromatic carbocycles. The molecule has 3 heterocycles. The Hall–Kier alpha value is -3.73. The Labute approximate surface area is 185 Å². The highest BCUT2D eigenvalue weighted by molar-refractivity contribution is 6.09. The molecule has 6 rings (SSSR count). The van der Waals surface area contributed by atoms with Crippen molar-refractivity contribution in [1.29, 1.82) is 0 Å². The third kappa shape index (κ3) is 2.60. The number of benzene rings is 3. The van der Waals surface area contributed by atoms with Crippen LogP contribution in [-0.2, 0) is 13.1 Å². The fourth-order valence-corrected chi connectivity index (χ4v) is 4.96. The summed E-state index contributed by atoms with van der Waals surface area (Å²) < 4.78 is 14.2. The number of hydrogen-bond acceptors (Lipinski definition) is 4. The largest absolute Gasteiger partial charge is 0.473 e. The molecule has 2 aromatic heterocycles. The lowest BCUT2D eigenvalue weighted by molar-refractivity contribution is 0.289. The van der Waals surface area contributed by atoms with Gasteiger partial charge in [0.25, 0.3) is 0 Å². The van der Waals surface area contributed by atoms with E-state index >= 15 is 0 Å². The topological polar surface area (TPSA) is 47.6 Å². The highest BCUT2D eigenvalue weighted by Gasteiger charge is 2.23. The number of fused-ring (bicyclic) bond motifs is 6. The molecule has 0 saturated heterocycles. The molecule has 0 spiro atoms. The Morgan fingerprint density at radius 1 is 0.906 bits per heavy atom. The number of aromatic nitrogens is 1. The Balaban J connectivity index is 1.49. The van der Waals surface area contributed by atoms with Crippen LogP contribution in [-0.4, -0.2) is 11.3 Å². The van der Waals surface area contributed by atoms with Crippen molar-refractivity contribution < 1.29 is 9.15 Å². The first-order valence-electron chi connectivity index (χ1n) is 11.0. The zero-order valence-electron chi connectivity index (χ0n) is 18.4. The van der Waals surface area contributed by atoms with Crippen LogP contribution in [0.1, 0.15) is 23.6 Å². The summed E-state index contributed by atoms with van der Waals surface area (Å²) in [7, 11) is 0. The van der Waals surface area contributed by atoms with Gasteiger partial charge in [-0.1, -0.05) is 18.2 Å².